The van der Waals surface area contributed by atoms with E-state index in [0.29, 0.717) is 43.3 Å². The van der Waals surface area contributed by atoms with E-state index >= 15 is 0 Å². The Morgan fingerprint density at radius 1 is 1.03 bits per heavy atom. The Morgan fingerprint density at radius 2 is 1.72 bits per heavy atom. The maximum Gasteiger partial charge on any atom is 0.243 e. The molecule has 7 heteroatoms. The number of hydrogen-bond donors (Lipinski definition) is 0. The summed E-state index contributed by atoms with van der Waals surface area (Å²) >= 11 is 0. The Bertz CT molecular complexity index is 756. The van der Waals surface area contributed by atoms with E-state index in [1.54, 1.807) is 35.7 Å². The topological polar surface area (TPSA) is 59.1 Å². The van der Waals surface area contributed by atoms with Crippen molar-refractivity contribution in [2.45, 2.75) is 67.5 Å². The number of benzene rings is 1. The Labute approximate surface area is 175 Å². The lowest BCUT2D eigenvalue weighted by Gasteiger charge is -2.63. The molecule has 0 amide bonds. The van der Waals surface area contributed by atoms with Crippen LogP contribution in [0.4, 0.5) is 0 Å². The second-order valence-electron chi connectivity index (χ2n) is 8.62. The van der Waals surface area contributed by atoms with E-state index in [2.05, 4.69) is 4.90 Å². The third-order valence-corrected chi connectivity index (χ3v) is 9.02. The quantitative estimate of drug-likeness (QED) is 0.633. The highest BCUT2D eigenvalue weighted by molar-refractivity contribution is 7.89. The molecule has 0 bridgehead atoms. The lowest BCUT2D eigenvalue weighted by molar-refractivity contribution is -0.203. The fourth-order valence-electron chi connectivity index (χ4n) is 5.51. The number of piperidine rings is 1. The third-order valence-electron chi connectivity index (χ3n) is 7.10. The van der Waals surface area contributed by atoms with Crippen LogP contribution in [0.2, 0.25) is 0 Å². The van der Waals surface area contributed by atoms with Gasteiger partial charge in [0.2, 0.25) is 10.0 Å². The molecule has 1 aromatic carbocycles. The van der Waals surface area contributed by atoms with Crippen molar-refractivity contribution in [1.82, 2.24) is 9.21 Å². The smallest absolute Gasteiger partial charge is 0.243 e. The lowest BCUT2D eigenvalue weighted by atomic mass is 9.69. The van der Waals surface area contributed by atoms with E-state index in [4.69, 9.17) is 9.47 Å². The second-order valence-corrected chi connectivity index (χ2v) is 10.6. The first-order chi connectivity index (χ1) is 14.1. The Hall–Kier alpha value is -0.990. The molecule has 3 fully saturated rings. The first-order valence-electron chi connectivity index (χ1n) is 11.0. The molecule has 1 unspecified atom stereocenters. The molecular formula is C22H34N2O4S. The average molecular weight is 423 g/mol. The Morgan fingerprint density at radius 3 is 2.38 bits per heavy atom. The van der Waals surface area contributed by atoms with Crippen molar-refractivity contribution >= 4 is 10.0 Å². The SMILES string of the molecule is COCCOC1CN(C2CCN(S(=O)(=O)c3ccccc3)CC2)C12CCCCC2. The minimum Gasteiger partial charge on any atom is -0.382 e. The van der Waals surface area contributed by atoms with Crippen LogP contribution in [0, 0.1) is 0 Å². The number of hydrogen-bond acceptors (Lipinski definition) is 5. The highest BCUT2D eigenvalue weighted by Gasteiger charge is 2.56. The Kier molecular flexibility index (Phi) is 6.61. The average Bonchev–Trinajstić information content (AvgIpc) is 2.77. The molecule has 0 N–H and O–H groups in total. The van der Waals surface area contributed by atoms with Crippen LogP contribution in [0.15, 0.2) is 35.2 Å². The Balaban J connectivity index is 1.39. The van der Waals surface area contributed by atoms with Gasteiger partial charge in [-0.3, -0.25) is 4.90 Å². The zero-order valence-corrected chi connectivity index (χ0v) is 18.3. The highest BCUT2D eigenvalue weighted by atomic mass is 32.2. The highest BCUT2D eigenvalue weighted by Crippen LogP contribution is 2.47. The number of nitrogens with zero attached hydrogens (tertiary/aromatic N) is 2. The lowest BCUT2D eigenvalue weighted by Crippen LogP contribution is -2.75. The third kappa shape index (κ3) is 4.12. The van der Waals surface area contributed by atoms with E-state index in [9.17, 15) is 8.42 Å². The summed E-state index contributed by atoms with van der Waals surface area (Å²) in [7, 11) is -1.67. The molecule has 29 heavy (non-hydrogen) atoms. The number of methoxy groups -OCH3 is 1. The van der Waals surface area contributed by atoms with Crippen LogP contribution in [0.5, 0.6) is 0 Å². The molecule has 2 heterocycles. The molecule has 1 aliphatic carbocycles. The van der Waals surface area contributed by atoms with Gasteiger partial charge in [0, 0.05) is 38.3 Å². The van der Waals surface area contributed by atoms with Gasteiger partial charge in [0.15, 0.2) is 0 Å². The van der Waals surface area contributed by atoms with Crippen LogP contribution >= 0.6 is 0 Å². The van der Waals surface area contributed by atoms with Crippen molar-refractivity contribution in [3.8, 4) is 0 Å². The molecule has 4 rings (SSSR count). The zero-order valence-electron chi connectivity index (χ0n) is 17.5. The molecule has 0 radical (unpaired) electrons. The summed E-state index contributed by atoms with van der Waals surface area (Å²) in [5, 5.41) is 0. The predicted molar refractivity (Wildman–Crippen MR) is 112 cm³/mol. The zero-order chi connectivity index (χ0) is 20.3. The number of rotatable bonds is 7. The normalized spacial score (nSPS) is 26.4. The van der Waals surface area contributed by atoms with Crippen LogP contribution < -0.4 is 0 Å². The summed E-state index contributed by atoms with van der Waals surface area (Å²) in [6.45, 7) is 3.47. The van der Waals surface area contributed by atoms with Crippen molar-refractivity contribution in [1.29, 1.82) is 0 Å². The van der Waals surface area contributed by atoms with Crippen molar-refractivity contribution in [3.05, 3.63) is 30.3 Å². The maximum absolute atomic E-state index is 12.9. The monoisotopic (exact) mass is 422 g/mol. The van der Waals surface area contributed by atoms with Crippen LogP contribution in [0.3, 0.4) is 0 Å². The summed E-state index contributed by atoms with van der Waals surface area (Å²) in [6, 6.07) is 9.26. The van der Waals surface area contributed by atoms with Crippen LogP contribution in [0.1, 0.15) is 44.9 Å². The first kappa shape index (κ1) is 21.2. The van der Waals surface area contributed by atoms with Crippen LogP contribution in [0.25, 0.3) is 0 Å². The van der Waals surface area contributed by atoms with Crippen molar-refractivity contribution < 1.29 is 17.9 Å². The molecule has 0 aromatic heterocycles. The van der Waals surface area contributed by atoms with Gasteiger partial charge in [-0.2, -0.15) is 4.31 Å². The van der Waals surface area contributed by atoms with Crippen molar-refractivity contribution in [2.24, 2.45) is 0 Å². The summed E-state index contributed by atoms with van der Waals surface area (Å²) < 4.78 is 38.9. The standard InChI is InChI=1S/C22H34N2O4S/c1-27-16-17-28-21-18-24(22(21)12-6-3-7-13-22)19-10-14-23(15-11-19)29(25,26)20-8-4-2-5-9-20/h2,4-5,8-9,19,21H,3,6-7,10-18H2,1H3. The van der Waals surface area contributed by atoms with Gasteiger partial charge in [-0.25, -0.2) is 8.42 Å². The van der Waals surface area contributed by atoms with Gasteiger partial charge in [0.25, 0.3) is 0 Å². The summed E-state index contributed by atoms with van der Waals surface area (Å²) in [5.74, 6) is 0. The molecule has 2 aliphatic heterocycles. The number of likely N-dealkylation sites (tertiary alicyclic amines) is 1. The van der Waals surface area contributed by atoms with E-state index in [0.717, 1.165) is 19.4 Å². The summed E-state index contributed by atoms with van der Waals surface area (Å²) in [5.41, 5.74) is 0.164. The van der Waals surface area contributed by atoms with Crippen LogP contribution in [-0.4, -0.2) is 75.3 Å². The van der Waals surface area contributed by atoms with Gasteiger partial charge in [0.1, 0.15) is 0 Å². The molecule has 1 atom stereocenters. The molecule has 1 saturated carbocycles. The molecule has 3 aliphatic rings. The second kappa shape index (κ2) is 9.02. The van der Waals surface area contributed by atoms with Gasteiger partial charge in [-0.15, -0.1) is 0 Å². The van der Waals surface area contributed by atoms with E-state index < -0.39 is 10.0 Å². The van der Waals surface area contributed by atoms with Gasteiger partial charge >= 0.3 is 0 Å². The van der Waals surface area contributed by atoms with Gasteiger partial charge in [-0.1, -0.05) is 37.5 Å². The molecule has 1 spiro atoms. The number of sulfonamides is 1. The fourth-order valence-corrected chi connectivity index (χ4v) is 7.00. The van der Waals surface area contributed by atoms with Crippen molar-refractivity contribution in [3.63, 3.8) is 0 Å². The molecular weight excluding hydrogens is 388 g/mol. The molecule has 6 nitrogen and oxygen atoms in total. The van der Waals surface area contributed by atoms with Gasteiger partial charge in [-0.05, 0) is 37.8 Å². The van der Waals surface area contributed by atoms with Crippen LogP contribution in [-0.2, 0) is 19.5 Å². The molecule has 162 valence electrons. The fraction of sp³-hybridized carbons (Fsp3) is 0.727. The van der Waals surface area contributed by atoms with E-state index in [-0.39, 0.29) is 5.54 Å². The largest absolute Gasteiger partial charge is 0.382 e. The van der Waals surface area contributed by atoms with E-state index in [1.165, 1.54) is 32.1 Å². The molecule has 1 aromatic rings. The minimum atomic E-state index is -3.38. The summed E-state index contributed by atoms with van der Waals surface area (Å²) in [6.07, 6.45) is 8.35. The maximum atomic E-state index is 12.9. The van der Waals surface area contributed by atoms with E-state index in [1.807, 2.05) is 6.07 Å². The minimum absolute atomic E-state index is 0.164. The predicted octanol–water partition coefficient (Wildman–Crippen LogP) is 2.89. The summed E-state index contributed by atoms with van der Waals surface area (Å²) in [4.78, 5) is 3.06. The van der Waals surface area contributed by atoms with Crippen molar-refractivity contribution in [2.75, 3.05) is 40.0 Å². The number of ether oxygens (including phenoxy) is 2. The van der Waals surface area contributed by atoms with Gasteiger partial charge in [0.05, 0.1) is 24.2 Å². The molecule has 2 saturated heterocycles. The van der Waals surface area contributed by atoms with Gasteiger partial charge < -0.3 is 9.47 Å². The first-order valence-corrected chi connectivity index (χ1v) is 12.4.